The Bertz CT molecular complexity index is 1150. The molecule has 0 saturated heterocycles. The van der Waals surface area contributed by atoms with Gasteiger partial charge in [-0.15, -0.1) is 0 Å². The summed E-state index contributed by atoms with van der Waals surface area (Å²) in [5.41, 5.74) is 1.12. The summed E-state index contributed by atoms with van der Waals surface area (Å²) in [4.78, 5) is 23.3. The molecule has 0 aromatic heterocycles. The second kappa shape index (κ2) is 10.1. The van der Waals surface area contributed by atoms with E-state index in [1.807, 2.05) is 24.3 Å². The number of carboxylic acids is 1. The molecule has 0 saturated carbocycles. The molecule has 3 N–H and O–H groups in total. The molecule has 0 unspecified atom stereocenters. The number of aliphatic carboxylic acids is 1. The third-order valence-corrected chi connectivity index (χ3v) is 4.88. The Morgan fingerprint density at radius 2 is 1.61 bits per heavy atom. The number of benzene rings is 3. The minimum atomic E-state index is -1.32. The highest BCUT2D eigenvalue weighted by molar-refractivity contribution is 5.99. The van der Waals surface area contributed by atoms with Gasteiger partial charge in [0.05, 0.1) is 5.69 Å². The zero-order chi connectivity index (χ0) is 24.0. The van der Waals surface area contributed by atoms with E-state index in [-0.39, 0.29) is 5.69 Å². The SMILES string of the molecule is CC(C)(Oc1ccc(CCc2cccc(NC(=O)Nc3ccc(F)cc3F)c2)cc1)C(=O)O. The van der Waals surface area contributed by atoms with Crippen molar-refractivity contribution >= 4 is 23.4 Å². The zero-order valence-corrected chi connectivity index (χ0v) is 18.2. The fourth-order valence-electron chi connectivity index (χ4n) is 3.03. The number of carbonyl (C=O) groups is 2. The summed E-state index contributed by atoms with van der Waals surface area (Å²) in [5, 5.41) is 14.1. The van der Waals surface area contributed by atoms with Gasteiger partial charge in [-0.3, -0.25) is 0 Å². The van der Waals surface area contributed by atoms with Crippen LogP contribution < -0.4 is 15.4 Å². The summed E-state index contributed by atoms with van der Waals surface area (Å²) in [6, 6.07) is 16.7. The number of aryl methyl sites for hydroxylation is 2. The van der Waals surface area contributed by atoms with Crippen molar-refractivity contribution in [2.45, 2.75) is 32.3 Å². The highest BCUT2D eigenvalue weighted by Crippen LogP contribution is 2.21. The molecule has 0 heterocycles. The van der Waals surface area contributed by atoms with Crippen LogP contribution in [0, 0.1) is 11.6 Å². The Labute approximate surface area is 190 Å². The van der Waals surface area contributed by atoms with E-state index >= 15 is 0 Å². The summed E-state index contributed by atoms with van der Waals surface area (Å²) in [5.74, 6) is -2.16. The highest BCUT2D eigenvalue weighted by atomic mass is 19.1. The molecule has 0 bridgehead atoms. The maximum absolute atomic E-state index is 13.7. The van der Waals surface area contributed by atoms with E-state index in [2.05, 4.69) is 10.6 Å². The van der Waals surface area contributed by atoms with Crippen LogP contribution in [-0.4, -0.2) is 22.7 Å². The lowest BCUT2D eigenvalue weighted by Gasteiger charge is -2.21. The van der Waals surface area contributed by atoms with Gasteiger partial charge in [0.15, 0.2) is 5.60 Å². The third-order valence-electron chi connectivity index (χ3n) is 4.88. The van der Waals surface area contributed by atoms with Crippen LogP contribution in [0.4, 0.5) is 25.0 Å². The molecule has 8 heteroatoms. The van der Waals surface area contributed by atoms with E-state index in [4.69, 9.17) is 9.84 Å². The highest BCUT2D eigenvalue weighted by Gasteiger charge is 2.29. The van der Waals surface area contributed by atoms with Crippen molar-refractivity contribution < 1.29 is 28.2 Å². The molecule has 0 aliphatic heterocycles. The van der Waals surface area contributed by atoms with E-state index in [0.29, 0.717) is 23.9 Å². The average Bonchev–Trinajstić information content (AvgIpc) is 2.75. The Balaban J connectivity index is 1.55. The van der Waals surface area contributed by atoms with Gasteiger partial charge in [-0.25, -0.2) is 18.4 Å². The first-order chi connectivity index (χ1) is 15.6. The normalized spacial score (nSPS) is 11.0. The van der Waals surface area contributed by atoms with Crippen molar-refractivity contribution in [1.82, 2.24) is 0 Å². The largest absolute Gasteiger partial charge is 0.478 e. The first kappa shape index (κ1) is 23.7. The number of nitrogens with one attached hydrogen (secondary N) is 2. The van der Waals surface area contributed by atoms with Gasteiger partial charge in [-0.05, 0) is 74.2 Å². The summed E-state index contributed by atoms with van der Waals surface area (Å²) < 4.78 is 32.2. The van der Waals surface area contributed by atoms with Gasteiger partial charge in [0.25, 0.3) is 0 Å². The van der Waals surface area contributed by atoms with E-state index in [0.717, 1.165) is 29.7 Å². The Hall–Kier alpha value is -3.94. The van der Waals surface area contributed by atoms with Crippen molar-refractivity contribution in [3.63, 3.8) is 0 Å². The predicted octanol–water partition coefficient (Wildman–Crippen LogP) is 5.64. The lowest BCUT2D eigenvalue weighted by atomic mass is 10.0. The van der Waals surface area contributed by atoms with Crippen LogP contribution in [0.25, 0.3) is 0 Å². The third kappa shape index (κ3) is 6.77. The van der Waals surface area contributed by atoms with Crippen LogP contribution in [0.1, 0.15) is 25.0 Å². The number of hydrogen-bond acceptors (Lipinski definition) is 3. The molecule has 6 nitrogen and oxygen atoms in total. The molecule has 0 radical (unpaired) electrons. The molecule has 172 valence electrons. The van der Waals surface area contributed by atoms with Gasteiger partial charge in [0, 0.05) is 11.8 Å². The topological polar surface area (TPSA) is 87.7 Å². The number of carboxylic acid groups (broad SMARTS) is 1. The fourth-order valence-corrected chi connectivity index (χ4v) is 3.03. The number of hydrogen-bond donors (Lipinski definition) is 3. The molecule has 0 atom stereocenters. The van der Waals surface area contributed by atoms with Gasteiger partial charge >= 0.3 is 12.0 Å². The monoisotopic (exact) mass is 454 g/mol. The molecule has 2 amide bonds. The predicted molar refractivity (Wildman–Crippen MR) is 122 cm³/mol. The van der Waals surface area contributed by atoms with Crippen LogP contribution in [-0.2, 0) is 17.6 Å². The maximum Gasteiger partial charge on any atom is 0.347 e. The Morgan fingerprint density at radius 3 is 2.27 bits per heavy atom. The van der Waals surface area contributed by atoms with E-state index in [1.54, 1.807) is 24.3 Å². The minimum absolute atomic E-state index is 0.121. The molecule has 3 aromatic rings. The van der Waals surface area contributed by atoms with Gasteiger partial charge in [-0.2, -0.15) is 0 Å². The number of anilines is 2. The standard InChI is InChI=1S/C25H24F2N2O4/c1-25(2,23(30)31)33-20-11-8-16(9-12-20)6-7-17-4-3-5-19(14-17)28-24(32)29-22-13-10-18(26)15-21(22)27/h3-5,8-15H,6-7H2,1-2H3,(H,30,31)(H2,28,29,32). The van der Waals surface area contributed by atoms with E-state index < -0.39 is 29.2 Å². The van der Waals surface area contributed by atoms with Crippen molar-refractivity contribution in [3.8, 4) is 5.75 Å². The van der Waals surface area contributed by atoms with Gasteiger partial charge in [0.2, 0.25) is 0 Å². The van der Waals surface area contributed by atoms with Crippen molar-refractivity contribution in [2.24, 2.45) is 0 Å². The van der Waals surface area contributed by atoms with Gasteiger partial charge in [0.1, 0.15) is 17.4 Å². The molecular formula is C25H24F2N2O4. The summed E-state index contributed by atoms with van der Waals surface area (Å²) in [7, 11) is 0. The van der Waals surface area contributed by atoms with Crippen molar-refractivity contribution in [2.75, 3.05) is 10.6 Å². The summed E-state index contributed by atoms with van der Waals surface area (Å²) in [6.45, 7) is 2.97. The number of ether oxygens (including phenoxy) is 1. The van der Waals surface area contributed by atoms with E-state index in [1.165, 1.54) is 13.8 Å². The molecular weight excluding hydrogens is 430 g/mol. The number of amides is 2. The molecule has 0 aliphatic carbocycles. The molecule has 0 aliphatic rings. The van der Waals surface area contributed by atoms with Crippen molar-refractivity contribution in [1.29, 1.82) is 0 Å². The Morgan fingerprint density at radius 1 is 0.909 bits per heavy atom. The number of rotatable bonds is 8. The maximum atomic E-state index is 13.7. The average molecular weight is 454 g/mol. The van der Waals surface area contributed by atoms with Crippen LogP contribution in [0.5, 0.6) is 5.75 Å². The molecule has 3 rings (SSSR count). The van der Waals surface area contributed by atoms with Crippen LogP contribution in [0.15, 0.2) is 66.7 Å². The zero-order valence-electron chi connectivity index (χ0n) is 18.2. The smallest absolute Gasteiger partial charge is 0.347 e. The minimum Gasteiger partial charge on any atom is -0.478 e. The molecule has 33 heavy (non-hydrogen) atoms. The van der Waals surface area contributed by atoms with Crippen LogP contribution in [0.3, 0.4) is 0 Å². The quantitative estimate of drug-likeness (QED) is 0.411. The molecule has 3 aromatic carbocycles. The van der Waals surface area contributed by atoms with Gasteiger partial charge < -0.3 is 20.5 Å². The molecule has 0 fully saturated rings. The van der Waals surface area contributed by atoms with Crippen molar-refractivity contribution in [3.05, 3.63) is 89.5 Å². The first-order valence-electron chi connectivity index (χ1n) is 10.3. The molecule has 0 spiro atoms. The lowest BCUT2D eigenvalue weighted by Crippen LogP contribution is -2.37. The number of urea groups is 1. The van der Waals surface area contributed by atoms with Crippen LogP contribution in [0.2, 0.25) is 0 Å². The second-order valence-corrected chi connectivity index (χ2v) is 7.97. The summed E-state index contributed by atoms with van der Waals surface area (Å²) in [6.07, 6.45) is 1.42. The number of carbonyl (C=O) groups excluding carboxylic acids is 1. The van der Waals surface area contributed by atoms with E-state index in [9.17, 15) is 18.4 Å². The van der Waals surface area contributed by atoms with Crippen LogP contribution >= 0.6 is 0 Å². The second-order valence-electron chi connectivity index (χ2n) is 7.97. The number of halogens is 2. The fraction of sp³-hybridized carbons (Fsp3) is 0.200. The lowest BCUT2D eigenvalue weighted by molar-refractivity contribution is -0.152. The first-order valence-corrected chi connectivity index (χ1v) is 10.3. The summed E-state index contributed by atoms with van der Waals surface area (Å²) >= 11 is 0. The Kier molecular flexibility index (Phi) is 7.27. The van der Waals surface area contributed by atoms with Gasteiger partial charge in [-0.1, -0.05) is 24.3 Å².